The molecular formula is C7H14O4. The summed E-state index contributed by atoms with van der Waals surface area (Å²) in [5, 5.41) is 27.3. The quantitative estimate of drug-likeness (QED) is 0.450. The minimum atomic E-state index is -0.760. The molecule has 1 rings (SSSR count). The molecule has 0 radical (unpaired) electrons. The summed E-state index contributed by atoms with van der Waals surface area (Å²) >= 11 is 0. The molecule has 0 amide bonds. The average Bonchev–Trinajstić information content (AvgIpc) is 2.01. The van der Waals surface area contributed by atoms with E-state index >= 15 is 0 Å². The van der Waals surface area contributed by atoms with Gasteiger partial charge >= 0.3 is 0 Å². The second-order valence-electron chi connectivity index (χ2n) is 2.97. The Morgan fingerprint density at radius 2 is 2.09 bits per heavy atom. The van der Waals surface area contributed by atoms with Crippen LogP contribution in [0.2, 0.25) is 0 Å². The second-order valence-corrected chi connectivity index (χ2v) is 2.97. The van der Waals surface area contributed by atoms with Crippen LogP contribution in [0, 0.1) is 5.92 Å². The maximum atomic E-state index is 9.36. The van der Waals surface area contributed by atoms with E-state index in [4.69, 9.17) is 9.84 Å². The van der Waals surface area contributed by atoms with Crippen molar-refractivity contribution < 1.29 is 20.1 Å². The Kier molecular flexibility index (Phi) is 2.84. The fourth-order valence-electron chi connectivity index (χ4n) is 1.20. The zero-order valence-electron chi connectivity index (χ0n) is 6.47. The zero-order chi connectivity index (χ0) is 8.43. The van der Waals surface area contributed by atoms with Crippen molar-refractivity contribution in [2.24, 2.45) is 5.92 Å². The molecule has 1 saturated heterocycles. The van der Waals surface area contributed by atoms with Crippen molar-refractivity contribution in [1.29, 1.82) is 0 Å². The molecule has 1 heterocycles. The van der Waals surface area contributed by atoms with Crippen LogP contribution in [0.4, 0.5) is 0 Å². The number of hydrogen-bond acceptors (Lipinski definition) is 4. The van der Waals surface area contributed by atoms with Gasteiger partial charge in [0.2, 0.25) is 0 Å². The third-order valence-electron chi connectivity index (χ3n) is 2.19. The molecule has 0 aromatic heterocycles. The molecule has 4 nitrogen and oxygen atoms in total. The van der Waals surface area contributed by atoms with Gasteiger partial charge in [-0.2, -0.15) is 0 Å². The first-order valence-corrected chi connectivity index (χ1v) is 3.75. The summed E-state index contributed by atoms with van der Waals surface area (Å²) in [5.41, 5.74) is 0. The number of aliphatic hydroxyl groups excluding tert-OH is 3. The van der Waals surface area contributed by atoms with Gasteiger partial charge in [-0.25, -0.2) is 0 Å². The summed E-state index contributed by atoms with van der Waals surface area (Å²) < 4.78 is 4.97. The van der Waals surface area contributed by atoms with Crippen LogP contribution in [0.15, 0.2) is 0 Å². The van der Waals surface area contributed by atoms with Crippen LogP contribution in [0.25, 0.3) is 0 Å². The summed E-state index contributed by atoms with van der Waals surface area (Å²) in [7, 11) is 0. The van der Waals surface area contributed by atoms with E-state index in [-0.39, 0.29) is 19.1 Å². The summed E-state index contributed by atoms with van der Waals surface area (Å²) in [6.07, 6.45) is -1.91. The Hall–Kier alpha value is -0.160. The lowest BCUT2D eigenvalue weighted by Gasteiger charge is -2.35. The van der Waals surface area contributed by atoms with Gasteiger partial charge in [0.25, 0.3) is 0 Å². The third-order valence-corrected chi connectivity index (χ3v) is 2.19. The fourth-order valence-corrected chi connectivity index (χ4v) is 1.20. The predicted octanol–water partition coefficient (Wildman–Crippen LogP) is -1.26. The zero-order valence-corrected chi connectivity index (χ0v) is 6.47. The van der Waals surface area contributed by atoms with E-state index in [1.54, 1.807) is 6.92 Å². The minimum Gasteiger partial charge on any atom is -0.394 e. The van der Waals surface area contributed by atoms with Crippen molar-refractivity contribution >= 4 is 0 Å². The standard InChI is InChI=1S/C7H14O4/c1-4-5(9)3-11-6(2-8)7(4)10/h4-10H,2-3H2,1H3/t4-,5-,6?,7+/m1/s1. The van der Waals surface area contributed by atoms with Crippen molar-refractivity contribution in [3.63, 3.8) is 0 Å². The van der Waals surface area contributed by atoms with Gasteiger partial charge in [-0.05, 0) is 0 Å². The largest absolute Gasteiger partial charge is 0.394 e. The van der Waals surface area contributed by atoms with Crippen LogP contribution in [0.3, 0.4) is 0 Å². The molecule has 66 valence electrons. The van der Waals surface area contributed by atoms with Crippen molar-refractivity contribution in [2.75, 3.05) is 13.2 Å². The van der Waals surface area contributed by atoms with Crippen LogP contribution in [-0.2, 0) is 4.74 Å². The molecule has 4 heteroatoms. The number of aliphatic hydroxyl groups is 3. The first-order chi connectivity index (χ1) is 5.16. The van der Waals surface area contributed by atoms with Crippen molar-refractivity contribution in [2.45, 2.75) is 25.2 Å². The molecule has 3 N–H and O–H groups in total. The lowest BCUT2D eigenvalue weighted by Crippen LogP contribution is -2.49. The summed E-state index contributed by atoms with van der Waals surface area (Å²) in [6, 6.07) is 0. The Balaban J connectivity index is 2.52. The third kappa shape index (κ3) is 1.70. The van der Waals surface area contributed by atoms with Gasteiger partial charge in [0, 0.05) is 5.92 Å². The smallest absolute Gasteiger partial charge is 0.107 e. The Labute approximate surface area is 65.4 Å². The molecule has 0 saturated carbocycles. The molecule has 11 heavy (non-hydrogen) atoms. The van der Waals surface area contributed by atoms with E-state index in [1.807, 2.05) is 0 Å². The summed E-state index contributed by atoms with van der Waals surface area (Å²) in [4.78, 5) is 0. The van der Waals surface area contributed by atoms with Gasteiger partial charge in [0.05, 0.1) is 25.4 Å². The van der Waals surface area contributed by atoms with Crippen molar-refractivity contribution in [1.82, 2.24) is 0 Å². The highest BCUT2D eigenvalue weighted by molar-refractivity contribution is 4.83. The molecule has 4 atom stereocenters. The molecule has 0 spiro atoms. The monoisotopic (exact) mass is 162 g/mol. The normalized spacial score (nSPS) is 45.8. The Bertz CT molecular complexity index is 126. The molecule has 0 aliphatic carbocycles. The lowest BCUT2D eigenvalue weighted by atomic mass is 9.92. The Morgan fingerprint density at radius 1 is 1.45 bits per heavy atom. The maximum absolute atomic E-state index is 9.36. The number of ether oxygens (including phenoxy) is 1. The highest BCUT2D eigenvalue weighted by Crippen LogP contribution is 2.20. The molecule has 1 fully saturated rings. The summed E-state index contributed by atoms with van der Waals surface area (Å²) in [6.45, 7) is 1.74. The number of hydrogen-bond donors (Lipinski definition) is 3. The van der Waals surface area contributed by atoms with E-state index in [0.717, 1.165) is 0 Å². The minimum absolute atomic E-state index is 0.196. The van der Waals surface area contributed by atoms with Crippen LogP contribution >= 0.6 is 0 Å². The molecule has 0 aromatic carbocycles. The average molecular weight is 162 g/mol. The van der Waals surface area contributed by atoms with E-state index in [2.05, 4.69) is 0 Å². The van der Waals surface area contributed by atoms with Gasteiger partial charge in [-0.15, -0.1) is 0 Å². The molecule has 0 bridgehead atoms. The molecule has 0 aromatic rings. The van der Waals surface area contributed by atoms with Crippen molar-refractivity contribution in [3.8, 4) is 0 Å². The van der Waals surface area contributed by atoms with Gasteiger partial charge in [-0.3, -0.25) is 0 Å². The molecular weight excluding hydrogens is 148 g/mol. The SMILES string of the molecule is C[C@@H]1[C@H](O)COC(CO)[C@H]1O. The first kappa shape index (κ1) is 8.93. The topological polar surface area (TPSA) is 69.9 Å². The highest BCUT2D eigenvalue weighted by atomic mass is 16.5. The molecule has 1 aliphatic heterocycles. The van der Waals surface area contributed by atoms with E-state index in [1.165, 1.54) is 0 Å². The lowest BCUT2D eigenvalue weighted by molar-refractivity contribution is -0.165. The Morgan fingerprint density at radius 3 is 2.64 bits per heavy atom. The van der Waals surface area contributed by atoms with Gasteiger partial charge in [0.15, 0.2) is 0 Å². The van der Waals surface area contributed by atoms with Gasteiger partial charge < -0.3 is 20.1 Å². The highest BCUT2D eigenvalue weighted by Gasteiger charge is 2.34. The fraction of sp³-hybridized carbons (Fsp3) is 1.00. The van der Waals surface area contributed by atoms with Gasteiger partial charge in [0.1, 0.15) is 6.10 Å². The van der Waals surface area contributed by atoms with Gasteiger partial charge in [-0.1, -0.05) is 6.92 Å². The second kappa shape index (κ2) is 3.49. The molecule has 1 unspecified atom stereocenters. The van der Waals surface area contributed by atoms with Crippen molar-refractivity contribution in [3.05, 3.63) is 0 Å². The van der Waals surface area contributed by atoms with Crippen LogP contribution in [-0.4, -0.2) is 46.8 Å². The molecule has 1 aliphatic rings. The number of rotatable bonds is 1. The van der Waals surface area contributed by atoms with Crippen LogP contribution in [0.1, 0.15) is 6.92 Å². The first-order valence-electron chi connectivity index (χ1n) is 3.75. The van der Waals surface area contributed by atoms with Crippen LogP contribution in [0.5, 0.6) is 0 Å². The predicted molar refractivity (Wildman–Crippen MR) is 38.0 cm³/mol. The summed E-state index contributed by atoms with van der Waals surface area (Å²) in [5.74, 6) is -0.221. The maximum Gasteiger partial charge on any atom is 0.107 e. The van der Waals surface area contributed by atoms with E-state index in [0.29, 0.717) is 0 Å². The van der Waals surface area contributed by atoms with Crippen LogP contribution < -0.4 is 0 Å². The van der Waals surface area contributed by atoms with E-state index in [9.17, 15) is 10.2 Å². The van der Waals surface area contributed by atoms with E-state index < -0.39 is 18.3 Å².